The van der Waals surface area contributed by atoms with Gasteiger partial charge >= 0.3 is 0 Å². The zero-order chi connectivity index (χ0) is 10.0. The Bertz CT molecular complexity index is 79.9. The van der Waals surface area contributed by atoms with Gasteiger partial charge in [-0.15, -0.1) is 0 Å². The molecule has 0 saturated carbocycles. The SMILES string of the molecule is CC.CCCCC(F)(F)CCC. The Kier molecular flexibility index (Phi) is 10.7. The van der Waals surface area contributed by atoms with Gasteiger partial charge in [0.2, 0.25) is 5.92 Å². The van der Waals surface area contributed by atoms with E-state index >= 15 is 0 Å². The molecule has 0 N–H and O–H groups in total. The molecular weight excluding hydrogens is 158 g/mol. The van der Waals surface area contributed by atoms with Crippen LogP contribution in [0.3, 0.4) is 0 Å². The molecule has 0 heterocycles. The van der Waals surface area contributed by atoms with Gasteiger partial charge in [0.05, 0.1) is 0 Å². The molecule has 0 aromatic heterocycles. The Hall–Kier alpha value is -0.140. The molecule has 0 aromatic rings. The summed E-state index contributed by atoms with van der Waals surface area (Å²) in [6.07, 6.45) is 2.20. The van der Waals surface area contributed by atoms with E-state index in [0.29, 0.717) is 12.8 Å². The van der Waals surface area contributed by atoms with Crippen molar-refractivity contribution in [2.45, 2.75) is 65.7 Å². The number of halogens is 2. The first kappa shape index (κ1) is 14.4. The van der Waals surface area contributed by atoms with Gasteiger partial charge in [-0.05, 0) is 6.42 Å². The predicted molar refractivity (Wildman–Crippen MR) is 50.7 cm³/mol. The van der Waals surface area contributed by atoms with E-state index in [1.165, 1.54) is 0 Å². The first-order valence-electron chi connectivity index (χ1n) is 5.00. The van der Waals surface area contributed by atoms with Crippen molar-refractivity contribution >= 4 is 0 Å². The molecule has 76 valence electrons. The average molecular weight is 180 g/mol. The minimum Gasteiger partial charge on any atom is -0.207 e. The van der Waals surface area contributed by atoms with Gasteiger partial charge in [-0.25, -0.2) is 8.78 Å². The molecule has 0 bridgehead atoms. The first-order chi connectivity index (χ1) is 5.62. The van der Waals surface area contributed by atoms with Crippen molar-refractivity contribution in [2.75, 3.05) is 0 Å². The Labute approximate surface area is 75.4 Å². The summed E-state index contributed by atoms with van der Waals surface area (Å²) in [5.41, 5.74) is 0. The Morgan fingerprint density at radius 2 is 1.42 bits per heavy atom. The van der Waals surface area contributed by atoms with E-state index < -0.39 is 5.92 Å². The van der Waals surface area contributed by atoms with Gasteiger partial charge in [-0.1, -0.05) is 40.5 Å². The number of rotatable bonds is 5. The van der Waals surface area contributed by atoms with Gasteiger partial charge in [0.1, 0.15) is 0 Å². The molecule has 0 aliphatic carbocycles. The minimum absolute atomic E-state index is 0.0486. The van der Waals surface area contributed by atoms with Crippen LogP contribution in [-0.4, -0.2) is 5.92 Å². The summed E-state index contributed by atoms with van der Waals surface area (Å²) >= 11 is 0. The van der Waals surface area contributed by atoms with Gasteiger partial charge in [0.15, 0.2) is 0 Å². The van der Waals surface area contributed by atoms with E-state index in [0.717, 1.165) is 6.42 Å². The van der Waals surface area contributed by atoms with Gasteiger partial charge < -0.3 is 0 Å². The highest BCUT2D eigenvalue weighted by molar-refractivity contribution is 4.64. The van der Waals surface area contributed by atoms with Crippen LogP contribution in [0, 0.1) is 0 Å². The summed E-state index contributed by atoms with van der Waals surface area (Å²) in [5.74, 6) is -2.40. The van der Waals surface area contributed by atoms with Crippen LogP contribution in [0.25, 0.3) is 0 Å². The number of hydrogen-bond donors (Lipinski definition) is 0. The van der Waals surface area contributed by atoms with E-state index in [2.05, 4.69) is 0 Å². The zero-order valence-corrected chi connectivity index (χ0v) is 8.79. The highest BCUT2D eigenvalue weighted by Gasteiger charge is 2.25. The molecule has 0 aromatic carbocycles. The second-order valence-corrected chi connectivity index (χ2v) is 2.71. The molecule has 2 heteroatoms. The molecule has 0 aliphatic rings. The summed E-state index contributed by atoms with van der Waals surface area (Å²) in [7, 11) is 0. The molecule has 0 fully saturated rings. The Balaban J connectivity index is 0. The predicted octanol–water partition coefficient (Wildman–Crippen LogP) is 4.64. The second-order valence-electron chi connectivity index (χ2n) is 2.71. The van der Waals surface area contributed by atoms with Crippen LogP contribution in [0.15, 0.2) is 0 Å². The quantitative estimate of drug-likeness (QED) is 0.578. The second kappa shape index (κ2) is 8.95. The molecule has 0 rings (SSSR count). The third-order valence-corrected chi connectivity index (χ3v) is 1.51. The molecule has 0 atom stereocenters. The smallest absolute Gasteiger partial charge is 0.207 e. The van der Waals surface area contributed by atoms with Crippen molar-refractivity contribution in [2.24, 2.45) is 0 Å². The lowest BCUT2D eigenvalue weighted by atomic mass is 10.1. The molecule has 0 aliphatic heterocycles. The van der Waals surface area contributed by atoms with Gasteiger partial charge in [-0.3, -0.25) is 0 Å². The lowest BCUT2D eigenvalue weighted by Gasteiger charge is -2.13. The maximum Gasteiger partial charge on any atom is 0.248 e. The van der Waals surface area contributed by atoms with Crippen molar-refractivity contribution in [3.63, 3.8) is 0 Å². The minimum atomic E-state index is -2.40. The first-order valence-corrected chi connectivity index (χ1v) is 5.00. The fourth-order valence-corrected chi connectivity index (χ4v) is 0.926. The van der Waals surface area contributed by atoms with E-state index in [9.17, 15) is 8.78 Å². The standard InChI is InChI=1S/C8H16F2.C2H6/c1-3-5-7-8(9,10)6-4-2;1-2/h3-7H2,1-2H3;1-2H3. The van der Waals surface area contributed by atoms with E-state index in [-0.39, 0.29) is 12.8 Å². The van der Waals surface area contributed by atoms with Crippen LogP contribution in [0.5, 0.6) is 0 Å². The normalized spacial score (nSPS) is 10.5. The topological polar surface area (TPSA) is 0 Å². The van der Waals surface area contributed by atoms with Crippen LogP contribution >= 0.6 is 0 Å². The van der Waals surface area contributed by atoms with Crippen molar-refractivity contribution in [1.82, 2.24) is 0 Å². The highest BCUT2D eigenvalue weighted by Crippen LogP contribution is 2.26. The van der Waals surface area contributed by atoms with E-state index in [1.54, 1.807) is 6.92 Å². The largest absolute Gasteiger partial charge is 0.248 e. The Morgan fingerprint density at radius 3 is 1.75 bits per heavy atom. The molecule has 0 unspecified atom stereocenters. The molecule has 0 nitrogen and oxygen atoms in total. The number of alkyl halides is 2. The summed E-state index contributed by atoms with van der Waals surface area (Å²) in [5, 5.41) is 0. The van der Waals surface area contributed by atoms with Crippen LogP contribution in [-0.2, 0) is 0 Å². The molecular formula is C10H22F2. The lowest BCUT2D eigenvalue weighted by Crippen LogP contribution is -2.14. The van der Waals surface area contributed by atoms with Crippen molar-refractivity contribution < 1.29 is 8.78 Å². The van der Waals surface area contributed by atoms with Gasteiger partial charge in [0, 0.05) is 12.8 Å². The van der Waals surface area contributed by atoms with Crippen LogP contribution < -0.4 is 0 Å². The molecule has 0 spiro atoms. The van der Waals surface area contributed by atoms with E-state index in [4.69, 9.17) is 0 Å². The molecule has 12 heavy (non-hydrogen) atoms. The monoisotopic (exact) mass is 180 g/mol. The summed E-state index contributed by atoms with van der Waals surface area (Å²) in [6, 6.07) is 0. The number of hydrogen-bond acceptors (Lipinski definition) is 0. The molecule has 0 saturated heterocycles. The lowest BCUT2D eigenvalue weighted by molar-refractivity contribution is -0.0186. The average Bonchev–Trinajstić information content (AvgIpc) is 2.05. The van der Waals surface area contributed by atoms with E-state index in [1.807, 2.05) is 20.8 Å². The third kappa shape index (κ3) is 9.86. The number of unbranched alkanes of at least 4 members (excludes halogenated alkanes) is 1. The summed E-state index contributed by atoms with van der Waals surface area (Å²) < 4.78 is 25.2. The fraction of sp³-hybridized carbons (Fsp3) is 1.00. The molecule has 0 amide bonds. The summed E-state index contributed by atoms with van der Waals surface area (Å²) in [6.45, 7) is 7.72. The highest BCUT2D eigenvalue weighted by atomic mass is 19.3. The van der Waals surface area contributed by atoms with Gasteiger partial charge in [0.25, 0.3) is 0 Å². The summed E-state index contributed by atoms with van der Waals surface area (Å²) in [4.78, 5) is 0. The maximum atomic E-state index is 12.6. The van der Waals surface area contributed by atoms with Crippen molar-refractivity contribution in [3.8, 4) is 0 Å². The molecule has 0 radical (unpaired) electrons. The Morgan fingerprint density at radius 1 is 0.917 bits per heavy atom. The van der Waals surface area contributed by atoms with Crippen molar-refractivity contribution in [1.29, 1.82) is 0 Å². The fourth-order valence-electron chi connectivity index (χ4n) is 0.926. The van der Waals surface area contributed by atoms with Crippen LogP contribution in [0.4, 0.5) is 8.78 Å². The third-order valence-electron chi connectivity index (χ3n) is 1.51. The zero-order valence-electron chi connectivity index (χ0n) is 8.79. The van der Waals surface area contributed by atoms with Gasteiger partial charge in [-0.2, -0.15) is 0 Å². The van der Waals surface area contributed by atoms with Crippen molar-refractivity contribution in [3.05, 3.63) is 0 Å². The maximum absolute atomic E-state index is 12.6. The van der Waals surface area contributed by atoms with Crippen LogP contribution in [0.2, 0.25) is 0 Å². The van der Waals surface area contributed by atoms with Crippen LogP contribution in [0.1, 0.15) is 59.8 Å².